The van der Waals surface area contributed by atoms with Crippen molar-refractivity contribution >= 4 is 28.8 Å². The van der Waals surface area contributed by atoms with E-state index in [9.17, 15) is 13.6 Å². The highest BCUT2D eigenvalue weighted by Gasteiger charge is 2.25. The van der Waals surface area contributed by atoms with Gasteiger partial charge in [-0.05, 0) is 30.2 Å². The van der Waals surface area contributed by atoms with Gasteiger partial charge in [0.15, 0.2) is 16.7 Å². The number of rotatable bonds is 5. The van der Waals surface area contributed by atoms with E-state index in [1.165, 1.54) is 17.4 Å². The van der Waals surface area contributed by atoms with Crippen LogP contribution in [-0.4, -0.2) is 34.9 Å². The first kappa shape index (κ1) is 19.8. The van der Waals surface area contributed by atoms with Crippen LogP contribution in [0.3, 0.4) is 0 Å². The van der Waals surface area contributed by atoms with Crippen LogP contribution in [0.5, 0.6) is 5.06 Å². The Morgan fingerprint density at radius 3 is 2.97 bits per heavy atom. The van der Waals surface area contributed by atoms with Crippen molar-refractivity contribution in [1.29, 1.82) is 0 Å². The Bertz CT molecular complexity index is 1070. The number of ether oxygens (including phenoxy) is 1. The fourth-order valence-corrected chi connectivity index (χ4v) is 4.36. The summed E-state index contributed by atoms with van der Waals surface area (Å²) in [5.74, 6) is -2.18. The van der Waals surface area contributed by atoms with E-state index >= 15 is 0 Å². The third-order valence-electron chi connectivity index (χ3n) is 4.59. The molecule has 1 aliphatic rings. The van der Waals surface area contributed by atoms with E-state index in [4.69, 9.17) is 22.1 Å². The van der Waals surface area contributed by atoms with Crippen LogP contribution in [0.1, 0.15) is 15.2 Å². The summed E-state index contributed by atoms with van der Waals surface area (Å²) < 4.78 is 34.0. The molecule has 0 spiro atoms. The molecule has 1 atom stereocenters. The molecule has 6 nitrogen and oxygen atoms in total. The molecular formula is C19H17ClF2N4O2S. The van der Waals surface area contributed by atoms with Crippen molar-refractivity contribution in [2.75, 3.05) is 13.2 Å². The summed E-state index contributed by atoms with van der Waals surface area (Å²) in [5.41, 5.74) is 7.74. The number of hydrogen-bond acceptors (Lipinski definition) is 5. The molecule has 29 heavy (non-hydrogen) atoms. The number of nitrogens with two attached hydrogens (primary N) is 1. The maximum absolute atomic E-state index is 13.4. The Morgan fingerprint density at radius 2 is 2.21 bits per heavy atom. The van der Waals surface area contributed by atoms with Crippen molar-refractivity contribution in [2.24, 2.45) is 5.73 Å². The van der Waals surface area contributed by atoms with Crippen LogP contribution in [0.15, 0.2) is 30.5 Å². The third kappa shape index (κ3) is 3.98. The zero-order chi connectivity index (χ0) is 20.5. The summed E-state index contributed by atoms with van der Waals surface area (Å²) >= 11 is 7.47. The number of nitrogens with zero attached hydrogens (tertiary/aromatic N) is 2. The van der Waals surface area contributed by atoms with Gasteiger partial charge in [-0.25, -0.2) is 8.78 Å². The van der Waals surface area contributed by atoms with Gasteiger partial charge in [-0.2, -0.15) is 5.10 Å². The highest BCUT2D eigenvalue weighted by molar-refractivity contribution is 7.16. The molecule has 2 aromatic heterocycles. The zero-order valence-electron chi connectivity index (χ0n) is 15.1. The van der Waals surface area contributed by atoms with Crippen LogP contribution >= 0.6 is 22.9 Å². The molecule has 152 valence electrons. The second-order valence-electron chi connectivity index (χ2n) is 6.58. The van der Waals surface area contributed by atoms with Gasteiger partial charge >= 0.3 is 0 Å². The van der Waals surface area contributed by atoms with Crippen LogP contribution < -0.4 is 15.8 Å². The average molecular weight is 439 g/mol. The molecule has 1 amide bonds. The Kier molecular flexibility index (Phi) is 5.53. The van der Waals surface area contributed by atoms with E-state index in [1.807, 2.05) is 0 Å². The normalized spacial score (nSPS) is 13.8. The molecule has 0 unspecified atom stereocenters. The summed E-state index contributed by atoms with van der Waals surface area (Å²) in [6.07, 6.45) is 1.84. The van der Waals surface area contributed by atoms with Crippen LogP contribution in [0.4, 0.5) is 8.78 Å². The first-order valence-electron chi connectivity index (χ1n) is 8.89. The van der Waals surface area contributed by atoms with E-state index in [1.54, 1.807) is 16.9 Å². The minimum Gasteiger partial charge on any atom is -0.481 e. The van der Waals surface area contributed by atoms with Gasteiger partial charge in [-0.1, -0.05) is 29.0 Å². The number of halogens is 3. The molecule has 0 radical (unpaired) electrons. The molecule has 3 aromatic rings. The number of thiophene rings is 1. The SMILES string of the molecule is NC[C@H](Cc1ccc(F)c(F)c1)NC(=O)c1cc2c(s1)OCCn1ncc(Cl)c1-2. The molecule has 0 bridgehead atoms. The first-order chi connectivity index (χ1) is 14.0. The predicted molar refractivity (Wildman–Crippen MR) is 106 cm³/mol. The summed E-state index contributed by atoms with van der Waals surface area (Å²) in [7, 11) is 0. The van der Waals surface area contributed by atoms with Crippen molar-refractivity contribution in [2.45, 2.75) is 19.0 Å². The Balaban J connectivity index is 1.53. The van der Waals surface area contributed by atoms with Gasteiger partial charge < -0.3 is 15.8 Å². The van der Waals surface area contributed by atoms with Crippen molar-refractivity contribution < 1.29 is 18.3 Å². The highest BCUT2D eigenvalue weighted by Crippen LogP contribution is 2.42. The van der Waals surface area contributed by atoms with E-state index in [2.05, 4.69) is 10.4 Å². The fourth-order valence-electron chi connectivity index (χ4n) is 3.18. The number of amides is 1. The first-order valence-corrected chi connectivity index (χ1v) is 10.1. The number of fused-ring (bicyclic) bond motifs is 3. The van der Waals surface area contributed by atoms with Gasteiger partial charge in [-0.3, -0.25) is 9.48 Å². The Morgan fingerprint density at radius 1 is 1.38 bits per heavy atom. The van der Waals surface area contributed by atoms with Gasteiger partial charge in [0.2, 0.25) is 0 Å². The quantitative estimate of drug-likeness (QED) is 0.640. The maximum Gasteiger partial charge on any atom is 0.261 e. The Hall–Kier alpha value is -2.49. The lowest BCUT2D eigenvalue weighted by Crippen LogP contribution is -2.41. The molecule has 10 heteroatoms. The number of hydrogen-bond donors (Lipinski definition) is 2. The second-order valence-corrected chi connectivity index (χ2v) is 8.01. The van der Waals surface area contributed by atoms with Crippen molar-refractivity contribution in [1.82, 2.24) is 15.1 Å². The van der Waals surface area contributed by atoms with Gasteiger partial charge in [-0.15, -0.1) is 0 Å². The summed E-state index contributed by atoms with van der Waals surface area (Å²) in [6.45, 7) is 1.13. The van der Waals surface area contributed by atoms with Gasteiger partial charge in [0.05, 0.1) is 33.9 Å². The average Bonchev–Trinajstić information content (AvgIpc) is 3.23. The Labute approximate surface area is 174 Å². The molecule has 0 saturated heterocycles. The lowest BCUT2D eigenvalue weighted by molar-refractivity contribution is 0.0942. The number of carbonyl (C=O) groups is 1. The third-order valence-corrected chi connectivity index (χ3v) is 5.92. The molecule has 3 heterocycles. The van der Waals surface area contributed by atoms with E-state index < -0.39 is 17.7 Å². The number of aromatic nitrogens is 2. The maximum atomic E-state index is 13.4. The van der Waals surface area contributed by atoms with Crippen molar-refractivity contribution in [3.05, 3.63) is 57.6 Å². The number of nitrogens with one attached hydrogen (secondary N) is 1. The van der Waals surface area contributed by atoms with Gasteiger partial charge in [0, 0.05) is 12.6 Å². The smallest absolute Gasteiger partial charge is 0.261 e. The number of benzene rings is 1. The van der Waals surface area contributed by atoms with Crippen LogP contribution in [0.25, 0.3) is 11.3 Å². The van der Waals surface area contributed by atoms with Crippen molar-refractivity contribution in [3.63, 3.8) is 0 Å². The summed E-state index contributed by atoms with van der Waals surface area (Å²) in [6, 6.07) is 4.90. The largest absolute Gasteiger partial charge is 0.481 e. The molecule has 0 saturated carbocycles. The molecule has 1 aromatic carbocycles. The molecular weight excluding hydrogens is 422 g/mol. The second kappa shape index (κ2) is 8.10. The van der Waals surface area contributed by atoms with Gasteiger partial charge in [0.1, 0.15) is 6.61 Å². The van der Waals surface area contributed by atoms with E-state index in [0.717, 1.165) is 12.1 Å². The molecule has 3 N–H and O–H groups in total. The molecule has 1 aliphatic heterocycles. The highest BCUT2D eigenvalue weighted by atomic mass is 35.5. The summed E-state index contributed by atoms with van der Waals surface area (Å²) in [4.78, 5) is 13.2. The number of carbonyl (C=O) groups excluding carboxylic acids is 1. The van der Waals surface area contributed by atoms with E-state index in [-0.39, 0.29) is 18.9 Å². The minimum absolute atomic E-state index is 0.144. The molecule has 0 fully saturated rings. The minimum atomic E-state index is -0.933. The van der Waals surface area contributed by atoms with Gasteiger partial charge in [0.25, 0.3) is 5.91 Å². The molecule has 0 aliphatic carbocycles. The van der Waals surface area contributed by atoms with Crippen molar-refractivity contribution in [3.8, 4) is 16.3 Å². The lowest BCUT2D eigenvalue weighted by Gasteiger charge is -2.16. The van der Waals surface area contributed by atoms with Crippen LogP contribution in [-0.2, 0) is 13.0 Å². The zero-order valence-corrected chi connectivity index (χ0v) is 16.7. The topological polar surface area (TPSA) is 82.2 Å². The van der Waals surface area contributed by atoms with Crippen LogP contribution in [0.2, 0.25) is 5.02 Å². The predicted octanol–water partition coefficient (Wildman–Crippen LogP) is 3.24. The summed E-state index contributed by atoms with van der Waals surface area (Å²) in [5, 5.41) is 8.15. The van der Waals surface area contributed by atoms with Crippen LogP contribution in [0, 0.1) is 11.6 Å². The standard InChI is InChI=1S/C19H17ClF2N4O2S/c20-13-9-24-26-3-4-28-19-12(17(13)26)7-16(29-19)18(27)25-11(8-23)5-10-1-2-14(21)15(22)6-10/h1-2,6-7,9,11H,3-5,8,23H2,(H,25,27)/t11-/m0/s1. The monoisotopic (exact) mass is 438 g/mol. The molecule has 4 rings (SSSR count). The van der Waals surface area contributed by atoms with E-state index in [0.29, 0.717) is 44.9 Å². The lowest BCUT2D eigenvalue weighted by atomic mass is 10.1. The fraction of sp³-hybridized carbons (Fsp3) is 0.263.